The average molecular weight is 130 g/mol. The molecule has 0 aliphatic carbocycles. The van der Waals surface area contributed by atoms with Crippen LogP contribution in [0, 0.1) is 12.3 Å². The van der Waals surface area contributed by atoms with Gasteiger partial charge >= 0.3 is 0 Å². The van der Waals surface area contributed by atoms with Gasteiger partial charge in [-0.1, -0.05) is 0 Å². The molecule has 0 aliphatic rings. The number of aliphatic hydroxyl groups is 3. The number of rotatable bonds is 3. The van der Waals surface area contributed by atoms with E-state index >= 15 is 0 Å². The van der Waals surface area contributed by atoms with E-state index in [0.717, 1.165) is 0 Å². The highest BCUT2D eigenvalue weighted by Gasteiger charge is 2.12. The van der Waals surface area contributed by atoms with Crippen LogP contribution < -0.4 is 0 Å². The molecule has 52 valence electrons. The summed E-state index contributed by atoms with van der Waals surface area (Å²) in [6.07, 6.45) is 2.78. The molecule has 0 amide bonds. The lowest BCUT2D eigenvalue weighted by Crippen LogP contribution is -2.28. The first-order valence-corrected chi connectivity index (χ1v) is 2.62. The third-order valence-electron chi connectivity index (χ3n) is 0.958. The molecule has 0 spiro atoms. The van der Waals surface area contributed by atoms with Crippen molar-refractivity contribution >= 4 is 0 Å². The van der Waals surface area contributed by atoms with E-state index in [4.69, 9.17) is 21.7 Å². The lowest BCUT2D eigenvalue weighted by Gasteiger charge is -2.11. The lowest BCUT2D eigenvalue weighted by atomic mass is 10.1. The molecule has 0 aliphatic heterocycles. The molecule has 3 N–H and O–H groups in total. The minimum Gasteiger partial charge on any atom is -0.394 e. The molecule has 0 fully saturated rings. The second-order valence-corrected chi connectivity index (χ2v) is 1.73. The first-order chi connectivity index (χ1) is 4.22. The van der Waals surface area contributed by atoms with Crippen molar-refractivity contribution in [2.24, 2.45) is 0 Å². The van der Waals surface area contributed by atoms with Crippen molar-refractivity contribution in [1.29, 1.82) is 0 Å². The summed E-state index contributed by atoms with van der Waals surface area (Å²) in [5.41, 5.74) is 0. The second kappa shape index (κ2) is 4.33. The first-order valence-electron chi connectivity index (χ1n) is 2.62. The maximum Gasteiger partial charge on any atom is 0.104 e. The summed E-state index contributed by atoms with van der Waals surface area (Å²) in [5, 5.41) is 25.7. The molecule has 3 nitrogen and oxygen atoms in total. The van der Waals surface area contributed by atoms with Crippen molar-refractivity contribution in [3.05, 3.63) is 0 Å². The van der Waals surface area contributed by atoms with E-state index in [1.54, 1.807) is 0 Å². The predicted octanol–water partition coefficient (Wildman–Crippen LogP) is -1.28. The van der Waals surface area contributed by atoms with Gasteiger partial charge in [0.1, 0.15) is 6.10 Å². The van der Waals surface area contributed by atoms with Crippen LogP contribution in [-0.4, -0.2) is 34.1 Å². The standard InChI is InChI=1S/C6H10O3/c1-2-3-5(8)6(9)4-7/h1,5-9H,3-4H2. The number of hydrogen-bond donors (Lipinski definition) is 3. The van der Waals surface area contributed by atoms with Gasteiger partial charge in [-0.25, -0.2) is 0 Å². The Morgan fingerprint density at radius 2 is 1.89 bits per heavy atom. The summed E-state index contributed by atoms with van der Waals surface area (Å²) in [4.78, 5) is 0. The van der Waals surface area contributed by atoms with Crippen molar-refractivity contribution in [2.45, 2.75) is 18.6 Å². The zero-order valence-corrected chi connectivity index (χ0v) is 4.99. The maximum atomic E-state index is 8.77. The normalized spacial score (nSPS) is 16.2. The molecule has 0 bridgehead atoms. The molecule has 0 radical (unpaired) electrons. The molecule has 0 rings (SSSR count). The third-order valence-corrected chi connectivity index (χ3v) is 0.958. The summed E-state index contributed by atoms with van der Waals surface area (Å²) < 4.78 is 0. The van der Waals surface area contributed by atoms with Crippen LogP contribution in [0.5, 0.6) is 0 Å². The minimum absolute atomic E-state index is 0.0712. The van der Waals surface area contributed by atoms with Crippen LogP contribution in [0.4, 0.5) is 0 Å². The molecular formula is C6H10O3. The van der Waals surface area contributed by atoms with Gasteiger partial charge in [-0.3, -0.25) is 0 Å². The van der Waals surface area contributed by atoms with Crippen LogP contribution >= 0.6 is 0 Å². The van der Waals surface area contributed by atoms with Crippen molar-refractivity contribution in [2.75, 3.05) is 6.61 Å². The highest BCUT2D eigenvalue weighted by Crippen LogP contribution is 1.95. The van der Waals surface area contributed by atoms with Crippen molar-refractivity contribution in [1.82, 2.24) is 0 Å². The van der Waals surface area contributed by atoms with Gasteiger partial charge in [0, 0.05) is 6.42 Å². The molecular weight excluding hydrogens is 120 g/mol. The van der Waals surface area contributed by atoms with Gasteiger partial charge < -0.3 is 15.3 Å². The van der Waals surface area contributed by atoms with Crippen LogP contribution in [0.2, 0.25) is 0 Å². The van der Waals surface area contributed by atoms with Gasteiger partial charge in [-0.05, 0) is 0 Å². The van der Waals surface area contributed by atoms with Gasteiger partial charge in [0.05, 0.1) is 12.7 Å². The highest BCUT2D eigenvalue weighted by atomic mass is 16.4. The molecule has 3 heteroatoms. The highest BCUT2D eigenvalue weighted by molar-refractivity contribution is 4.88. The quantitative estimate of drug-likeness (QED) is 0.417. The summed E-state index contributed by atoms with van der Waals surface area (Å²) in [6, 6.07) is 0. The SMILES string of the molecule is C#CCC(O)C(O)CO. The fraction of sp³-hybridized carbons (Fsp3) is 0.667. The molecule has 2 unspecified atom stereocenters. The maximum absolute atomic E-state index is 8.77. The van der Waals surface area contributed by atoms with E-state index in [-0.39, 0.29) is 6.42 Å². The Labute approximate surface area is 53.9 Å². The Kier molecular flexibility index (Phi) is 4.06. The monoisotopic (exact) mass is 130 g/mol. The van der Waals surface area contributed by atoms with Crippen LogP contribution in [0.1, 0.15) is 6.42 Å². The lowest BCUT2D eigenvalue weighted by molar-refractivity contribution is -0.0109. The van der Waals surface area contributed by atoms with E-state index in [2.05, 4.69) is 5.92 Å². The molecule has 2 atom stereocenters. The minimum atomic E-state index is -1.11. The molecule has 0 saturated carbocycles. The molecule has 0 aromatic heterocycles. The Morgan fingerprint density at radius 1 is 1.33 bits per heavy atom. The smallest absolute Gasteiger partial charge is 0.104 e. The Morgan fingerprint density at radius 3 is 2.22 bits per heavy atom. The van der Waals surface area contributed by atoms with Crippen molar-refractivity contribution in [3.8, 4) is 12.3 Å². The van der Waals surface area contributed by atoms with Gasteiger partial charge in [-0.2, -0.15) is 0 Å². The molecule has 9 heavy (non-hydrogen) atoms. The van der Waals surface area contributed by atoms with Gasteiger partial charge in [0.15, 0.2) is 0 Å². The Bertz CT molecular complexity index is 105. The van der Waals surface area contributed by atoms with Gasteiger partial charge in [0.25, 0.3) is 0 Å². The fourth-order valence-corrected chi connectivity index (χ4v) is 0.378. The molecule has 0 saturated heterocycles. The zero-order valence-electron chi connectivity index (χ0n) is 4.99. The second-order valence-electron chi connectivity index (χ2n) is 1.73. The number of aliphatic hydroxyl groups excluding tert-OH is 3. The fourth-order valence-electron chi connectivity index (χ4n) is 0.378. The van der Waals surface area contributed by atoms with Crippen LogP contribution in [0.3, 0.4) is 0 Å². The molecule has 0 aromatic rings. The zero-order chi connectivity index (χ0) is 7.28. The van der Waals surface area contributed by atoms with E-state index in [0.29, 0.717) is 0 Å². The van der Waals surface area contributed by atoms with Gasteiger partial charge in [0.2, 0.25) is 0 Å². The largest absolute Gasteiger partial charge is 0.394 e. The average Bonchev–Trinajstić information content (AvgIpc) is 1.87. The van der Waals surface area contributed by atoms with E-state index < -0.39 is 18.8 Å². The summed E-state index contributed by atoms with van der Waals surface area (Å²) in [5.74, 6) is 2.16. The number of terminal acetylenes is 1. The van der Waals surface area contributed by atoms with Crippen LogP contribution in [0.15, 0.2) is 0 Å². The van der Waals surface area contributed by atoms with Crippen molar-refractivity contribution in [3.63, 3.8) is 0 Å². The Hall–Kier alpha value is -0.560. The van der Waals surface area contributed by atoms with Crippen LogP contribution in [0.25, 0.3) is 0 Å². The predicted molar refractivity (Wildman–Crippen MR) is 32.5 cm³/mol. The Balaban J connectivity index is 3.48. The number of hydrogen-bond acceptors (Lipinski definition) is 3. The van der Waals surface area contributed by atoms with E-state index in [1.807, 2.05) is 0 Å². The van der Waals surface area contributed by atoms with Crippen LogP contribution in [-0.2, 0) is 0 Å². The first kappa shape index (κ1) is 8.44. The van der Waals surface area contributed by atoms with Crippen molar-refractivity contribution < 1.29 is 15.3 Å². The molecule has 0 aromatic carbocycles. The van der Waals surface area contributed by atoms with E-state index in [9.17, 15) is 0 Å². The summed E-state index contributed by atoms with van der Waals surface area (Å²) >= 11 is 0. The van der Waals surface area contributed by atoms with Gasteiger partial charge in [-0.15, -0.1) is 12.3 Å². The topological polar surface area (TPSA) is 60.7 Å². The molecule has 0 heterocycles. The summed E-state index contributed by atoms with van der Waals surface area (Å²) in [7, 11) is 0. The third kappa shape index (κ3) is 3.09. The van der Waals surface area contributed by atoms with E-state index in [1.165, 1.54) is 0 Å². The summed E-state index contributed by atoms with van der Waals surface area (Å²) in [6.45, 7) is -0.456.